The minimum absolute atomic E-state index is 0.156. The Morgan fingerprint density at radius 2 is 2.03 bits per heavy atom. The predicted molar refractivity (Wildman–Crippen MR) is 124 cm³/mol. The standard InChI is InChI=1S/C24H22N8O/c25-14-15-8-10-28-19(13-15)30-24(33)17-6-4-16(5-7-17)20-21-22(26)29-11-12-32(21)23(31-20)18-3-1-2-9-27-18/h4-8,10-13,18,27H,1-3,9H2,(H2,26,29)(H,28,30,33)/t18-/m0/s1. The molecule has 1 amide bonds. The number of nitrogen functional groups attached to an aromatic ring is 1. The fourth-order valence-corrected chi connectivity index (χ4v) is 4.14. The molecule has 0 spiro atoms. The summed E-state index contributed by atoms with van der Waals surface area (Å²) < 4.78 is 2.01. The van der Waals surface area contributed by atoms with Gasteiger partial charge in [-0.05, 0) is 43.7 Å². The van der Waals surface area contributed by atoms with Crippen LogP contribution in [0.5, 0.6) is 0 Å². The van der Waals surface area contributed by atoms with E-state index in [2.05, 4.69) is 20.6 Å². The number of amides is 1. The van der Waals surface area contributed by atoms with E-state index < -0.39 is 0 Å². The lowest BCUT2D eigenvalue weighted by Crippen LogP contribution is -2.28. The normalized spacial score (nSPS) is 15.8. The van der Waals surface area contributed by atoms with Gasteiger partial charge in [-0.15, -0.1) is 0 Å². The number of nitriles is 1. The minimum atomic E-state index is -0.313. The maximum absolute atomic E-state index is 12.6. The molecule has 1 fully saturated rings. The maximum Gasteiger partial charge on any atom is 0.256 e. The average Bonchev–Trinajstić information content (AvgIpc) is 3.26. The van der Waals surface area contributed by atoms with E-state index in [1.165, 1.54) is 12.3 Å². The van der Waals surface area contributed by atoms with Crippen LogP contribution in [-0.4, -0.2) is 31.8 Å². The van der Waals surface area contributed by atoms with E-state index in [-0.39, 0.29) is 11.9 Å². The van der Waals surface area contributed by atoms with Crippen molar-refractivity contribution < 1.29 is 4.79 Å². The van der Waals surface area contributed by atoms with Crippen LogP contribution in [0.15, 0.2) is 55.0 Å². The monoisotopic (exact) mass is 438 g/mol. The van der Waals surface area contributed by atoms with Gasteiger partial charge in [-0.25, -0.2) is 15.0 Å². The Kier molecular flexibility index (Phi) is 5.42. The van der Waals surface area contributed by atoms with E-state index in [0.717, 1.165) is 48.4 Å². The van der Waals surface area contributed by atoms with Crippen molar-refractivity contribution in [1.29, 1.82) is 5.26 Å². The van der Waals surface area contributed by atoms with Gasteiger partial charge in [-0.3, -0.25) is 9.20 Å². The van der Waals surface area contributed by atoms with Crippen LogP contribution in [0.3, 0.4) is 0 Å². The molecule has 9 heteroatoms. The number of hydrogen-bond donors (Lipinski definition) is 3. The minimum Gasteiger partial charge on any atom is -0.382 e. The number of anilines is 2. The highest BCUT2D eigenvalue weighted by Gasteiger charge is 2.23. The zero-order chi connectivity index (χ0) is 22.8. The van der Waals surface area contributed by atoms with Gasteiger partial charge in [-0.2, -0.15) is 5.26 Å². The van der Waals surface area contributed by atoms with E-state index in [1.54, 1.807) is 24.4 Å². The molecule has 5 rings (SSSR count). The highest BCUT2D eigenvalue weighted by atomic mass is 16.1. The van der Waals surface area contributed by atoms with Gasteiger partial charge in [0.15, 0.2) is 0 Å². The zero-order valence-electron chi connectivity index (χ0n) is 17.8. The number of aromatic nitrogens is 4. The number of piperidine rings is 1. The van der Waals surface area contributed by atoms with Gasteiger partial charge in [0, 0.05) is 29.7 Å². The van der Waals surface area contributed by atoms with Crippen molar-refractivity contribution in [2.75, 3.05) is 17.6 Å². The summed E-state index contributed by atoms with van der Waals surface area (Å²) in [4.78, 5) is 25.9. The van der Waals surface area contributed by atoms with Crippen LogP contribution in [0.25, 0.3) is 16.8 Å². The number of fused-ring (bicyclic) bond motifs is 1. The number of nitrogens with zero attached hydrogens (tertiary/aromatic N) is 5. The van der Waals surface area contributed by atoms with Crippen molar-refractivity contribution >= 4 is 23.1 Å². The summed E-state index contributed by atoms with van der Waals surface area (Å²) in [6.07, 6.45) is 8.38. The average molecular weight is 438 g/mol. The highest BCUT2D eigenvalue weighted by Crippen LogP contribution is 2.32. The molecule has 0 radical (unpaired) electrons. The molecule has 1 aromatic carbocycles. The number of carbonyl (C=O) groups is 1. The molecule has 1 aliphatic heterocycles. The third-order valence-corrected chi connectivity index (χ3v) is 5.78. The lowest BCUT2D eigenvalue weighted by atomic mass is 10.0. The van der Waals surface area contributed by atoms with Crippen LogP contribution >= 0.6 is 0 Å². The molecule has 4 aromatic rings. The number of nitrogens with two attached hydrogens (primary N) is 1. The fourth-order valence-electron chi connectivity index (χ4n) is 4.14. The summed E-state index contributed by atoms with van der Waals surface area (Å²) in [6, 6.07) is 12.5. The lowest BCUT2D eigenvalue weighted by Gasteiger charge is -2.22. The molecule has 1 aliphatic rings. The van der Waals surface area contributed by atoms with E-state index >= 15 is 0 Å². The van der Waals surface area contributed by atoms with Crippen LogP contribution in [0.1, 0.15) is 47.1 Å². The third kappa shape index (κ3) is 4.00. The first-order chi connectivity index (χ1) is 16.1. The lowest BCUT2D eigenvalue weighted by molar-refractivity contribution is 0.102. The summed E-state index contributed by atoms with van der Waals surface area (Å²) in [7, 11) is 0. The van der Waals surface area contributed by atoms with Crippen molar-refractivity contribution in [2.45, 2.75) is 25.3 Å². The van der Waals surface area contributed by atoms with E-state index in [9.17, 15) is 4.79 Å². The van der Waals surface area contributed by atoms with Crippen molar-refractivity contribution in [3.63, 3.8) is 0 Å². The van der Waals surface area contributed by atoms with Crippen LogP contribution in [-0.2, 0) is 0 Å². The van der Waals surface area contributed by atoms with E-state index in [0.29, 0.717) is 22.8 Å². The molecule has 0 unspecified atom stereocenters. The molecule has 1 atom stereocenters. The van der Waals surface area contributed by atoms with Crippen LogP contribution < -0.4 is 16.4 Å². The first kappa shape index (κ1) is 20.6. The van der Waals surface area contributed by atoms with Crippen LogP contribution in [0, 0.1) is 11.3 Å². The largest absolute Gasteiger partial charge is 0.382 e. The van der Waals surface area contributed by atoms with Gasteiger partial charge >= 0.3 is 0 Å². The Morgan fingerprint density at radius 3 is 2.79 bits per heavy atom. The quantitative estimate of drug-likeness (QED) is 0.445. The van der Waals surface area contributed by atoms with Crippen LogP contribution in [0.4, 0.5) is 11.6 Å². The van der Waals surface area contributed by atoms with Crippen molar-refractivity contribution in [3.8, 4) is 17.3 Å². The Balaban J connectivity index is 1.46. The Labute approximate surface area is 190 Å². The second-order valence-electron chi connectivity index (χ2n) is 7.93. The second kappa shape index (κ2) is 8.68. The second-order valence-corrected chi connectivity index (χ2v) is 7.93. The molecule has 4 N–H and O–H groups in total. The summed E-state index contributed by atoms with van der Waals surface area (Å²) >= 11 is 0. The summed E-state index contributed by atoms with van der Waals surface area (Å²) in [6.45, 7) is 0.964. The first-order valence-electron chi connectivity index (χ1n) is 10.8. The molecule has 3 aromatic heterocycles. The van der Waals surface area contributed by atoms with Gasteiger partial charge < -0.3 is 16.4 Å². The highest BCUT2D eigenvalue weighted by molar-refractivity contribution is 6.04. The zero-order valence-corrected chi connectivity index (χ0v) is 17.8. The van der Waals surface area contributed by atoms with Gasteiger partial charge in [0.25, 0.3) is 5.91 Å². The van der Waals surface area contributed by atoms with Gasteiger partial charge in [0.05, 0.1) is 17.7 Å². The van der Waals surface area contributed by atoms with Gasteiger partial charge in [-0.1, -0.05) is 18.6 Å². The predicted octanol–water partition coefficient (Wildman–Crippen LogP) is 3.31. The number of rotatable bonds is 4. The number of benzene rings is 1. The summed E-state index contributed by atoms with van der Waals surface area (Å²) in [5.41, 5.74) is 9.47. The Bertz CT molecular complexity index is 1360. The van der Waals surface area contributed by atoms with Gasteiger partial charge in [0.2, 0.25) is 0 Å². The molecule has 1 saturated heterocycles. The Morgan fingerprint density at radius 1 is 1.18 bits per heavy atom. The first-order valence-corrected chi connectivity index (χ1v) is 10.8. The maximum atomic E-state index is 12.6. The summed E-state index contributed by atoms with van der Waals surface area (Å²) in [5.74, 6) is 1.34. The third-order valence-electron chi connectivity index (χ3n) is 5.78. The Hall–Kier alpha value is -4.29. The molecular formula is C24H22N8O. The number of pyridine rings is 1. The van der Waals surface area contributed by atoms with E-state index in [4.69, 9.17) is 16.0 Å². The topological polar surface area (TPSA) is 134 Å². The molecule has 0 bridgehead atoms. The van der Waals surface area contributed by atoms with Crippen molar-refractivity contribution in [2.24, 2.45) is 0 Å². The van der Waals surface area contributed by atoms with Crippen molar-refractivity contribution in [3.05, 3.63) is 71.9 Å². The molecular weight excluding hydrogens is 416 g/mol. The molecule has 164 valence electrons. The molecule has 0 saturated carbocycles. The number of hydrogen-bond acceptors (Lipinski definition) is 7. The molecule has 33 heavy (non-hydrogen) atoms. The number of imidazole rings is 1. The molecule has 9 nitrogen and oxygen atoms in total. The number of carbonyl (C=O) groups excluding carboxylic acids is 1. The SMILES string of the molecule is N#Cc1ccnc(NC(=O)c2ccc(-c3nc([C@@H]4CCCCN4)n4ccnc(N)c34)cc2)c1. The summed E-state index contributed by atoms with van der Waals surface area (Å²) in [5, 5.41) is 15.3. The molecule has 0 aliphatic carbocycles. The number of nitrogens with one attached hydrogen (secondary N) is 2. The van der Waals surface area contributed by atoms with E-state index in [1.807, 2.05) is 28.8 Å². The fraction of sp³-hybridized carbons (Fsp3) is 0.208. The molecule has 4 heterocycles. The van der Waals surface area contributed by atoms with Crippen molar-refractivity contribution in [1.82, 2.24) is 24.7 Å². The van der Waals surface area contributed by atoms with Crippen LogP contribution in [0.2, 0.25) is 0 Å². The van der Waals surface area contributed by atoms with Gasteiger partial charge in [0.1, 0.15) is 28.7 Å². The smallest absolute Gasteiger partial charge is 0.256 e.